The normalized spacial score (nSPS) is 37.2. The molecule has 0 spiro atoms. The SMILES string of the molecule is COC1CCC(CC(=O)NCC2(C)CCCCC2O)CC1. The van der Waals surface area contributed by atoms with Gasteiger partial charge in [-0.2, -0.15) is 0 Å². The van der Waals surface area contributed by atoms with E-state index in [2.05, 4.69) is 12.2 Å². The molecule has 0 radical (unpaired) electrons. The van der Waals surface area contributed by atoms with Crippen molar-refractivity contribution in [2.45, 2.75) is 76.9 Å². The lowest BCUT2D eigenvalue weighted by Gasteiger charge is -2.38. The van der Waals surface area contributed by atoms with Crippen LogP contribution in [0.3, 0.4) is 0 Å². The topological polar surface area (TPSA) is 58.6 Å². The van der Waals surface area contributed by atoms with Crippen LogP contribution in [0.5, 0.6) is 0 Å². The van der Waals surface area contributed by atoms with Crippen molar-refractivity contribution in [3.05, 3.63) is 0 Å². The number of methoxy groups -OCH3 is 1. The first kappa shape index (κ1) is 16.8. The molecule has 2 aliphatic rings. The van der Waals surface area contributed by atoms with E-state index in [-0.39, 0.29) is 17.4 Å². The third kappa shape index (κ3) is 4.68. The lowest BCUT2D eigenvalue weighted by Crippen LogP contribution is -2.45. The van der Waals surface area contributed by atoms with Gasteiger partial charge < -0.3 is 15.2 Å². The Morgan fingerprint density at radius 3 is 2.57 bits per heavy atom. The summed E-state index contributed by atoms with van der Waals surface area (Å²) in [6.45, 7) is 2.71. The van der Waals surface area contributed by atoms with Crippen LogP contribution in [0, 0.1) is 11.3 Å². The van der Waals surface area contributed by atoms with Gasteiger partial charge in [-0.15, -0.1) is 0 Å². The van der Waals surface area contributed by atoms with Crippen LogP contribution in [-0.2, 0) is 9.53 Å². The maximum Gasteiger partial charge on any atom is 0.220 e. The van der Waals surface area contributed by atoms with Gasteiger partial charge in [0.15, 0.2) is 0 Å². The van der Waals surface area contributed by atoms with Crippen LogP contribution in [-0.4, -0.2) is 36.9 Å². The quantitative estimate of drug-likeness (QED) is 0.820. The summed E-state index contributed by atoms with van der Waals surface area (Å²) >= 11 is 0. The Bertz CT molecular complexity index is 339. The monoisotopic (exact) mass is 297 g/mol. The molecular formula is C17H31NO3. The minimum atomic E-state index is -0.274. The summed E-state index contributed by atoms with van der Waals surface area (Å²) in [5, 5.41) is 13.2. The second-order valence-corrected chi connectivity index (χ2v) is 7.27. The molecule has 2 rings (SSSR count). The average molecular weight is 297 g/mol. The first-order chi connectivity index (χ1) is 10.0. The number of aliphatic hydroxyl groups is 1. The van der Waals surface area contributed by atoms with Crippen molar-refractivity contribution in [3.8, 4) is 0 Å². The Labute approximate surface area is 128 Å². The molecule has 0 aliphatic heterocycles. The van der Waals surface area contributed by atoms with Crippen LogP contribution in [0.4, 0.5) is 0 Å². The zero-order valence-electron chi connectivity index (χ0n) is 13.6. The van der Waals surface area contributed by atoms with Gasteiger partial charge in [-0.3, -0.25) is 4.79 Å². The molecule has 0 heterocycles. The molecule has 2 saturated carbocycles. The Balaban J connectivity index is 1.70. The second kappa shape index (κ2) is 7.59. The van der Waals surface area contributed by atoms with Crippen LogP contribution in [0.1, 0.15) is 64.7 Å². The first-order valence-electron chi connectivity index (χ1n) is 8.51. The number of hydrogen-bond donors (Lipinski definition) is 2. The Kier molecular flexibility index (Phi) is 6.06. The van der Waals surface area contributed by atoms with Crippen molar-refractivity contribution in [2.75, 3.05) is 13.7 Å². The minimum Gasteiger partial charge on any atom is -0.392 e. The Hall–Kier alpha value is -0.610. The number of rotatable bonds is 5. The van der Waals surface area contributed by atoms with Gasteiger partial charge in [0.1, 0.15) is 0 Å². The third-order valence-electron chi connectivity index (χ3n) is 5.57. The fraction of sp³-hybridized carbons (Fsp3) is 0.941. The van der Waals surface area contributed by atoms with Crippen LogP contribution in [0.15, 0.2) is 0 Å². The molecular weight excluding hydrogens is 266 g/mol. The molecule has 0 aromatic carbocycles. The molecule has 0 saturated heterocycles. The Morgan fingerprint density at radius 2 is 1.95 bits per heavy atom. The van der Waals surface area contributed by atoms with E-state index < -0.39 is 0 Å². The minimum absolute atomic E-state index is 0.137. The highest BCUT2D eigenvalue weighted by molar-refractivity contribution is 5.76. The molecule has 2 unspecified atom stereocenters. The van der Waals surface area contributed by atoms with Crippen LogP contribution >= 0.6 is 0 Å². The lowest BCUT2D eigenvalue weighted by atomic mass is 9.73. The van der Waals surface area contributed by atoms with E-state index in [1.807, 2.05) is 0 Å². The largest absolute Gasteiger partial charge is 0.392 e. The number of carbonyl (C=O) groups excluding carboxylic acids is 1. The van der Waals surface area contributed by atoms with Gasteiger partial charge in [-0.1, -0.05) is 19.8 Å². The van der Waals surface area contributed by atoms with Crippen molar-refractivity contribution >= 4 is 5.91 Å². The van der Waals surface area contributed by atoms with Gasteiger partial charge in [0.2, 0.25) is 5.91 Å². The molecule has 122 valence electrons. The predicted octanol–water partition coefficient (Wildman–Crippen LogP) is 2.64. The molecule has 0 bridgehead atoms. The van der Waals surface area contributed by atoms with Gasteiger partial charge in [-0.05, 0) is 44.4 Å². The zero-order chi connectivity index (χ0) is 15.3. The van der Waals surface area contributed by atoms with Crippen molar-refractivity contribution in [2.24, 2.45) is 11.3 Å². The maximum absolute atomic E-state index is 12.1. The maximum atomic E-state index is 12.1. The molecule has 4 heteroatoms. The van der Waals surface area contributed by atoms with Crippen LogP contribution in [0.2, 0.25) is 0 Å². The standard InChI is InChI=1S/C17H31NO3/c1-17(10-4-3-5-15(17)19)12-18-16(20)11-13-6-8-14(21-2)9-7-13/h13-15,19H,3-12H2,1-2H3,(H,18,20). The van der Waals surface area contributed by atoms with Crippen LogP contribution < -0.4 is 5.32 Å². The van der Waals surface area contributed by atoms with E-state index in [0.717, 1.165) is 51.4 Å². The summed E-state index contributed by atoms with van der Waals surface area (Å²) in [5.41, 5.74) is -0.137. The zero-order valence-corrected chi connectivity index (χ0v) is 13.6. The smallest absolute Gasteiger partial charge is 0.220 e. The first-order valence-corrected chi connectivity index (χ1v) is 8.51. The number of amides is 1. The average Bonchev–Trinajstić information content (AvgIpc) is 2.49. The molecule has 2 fully saturated rings. The fourth-order valence-electron chi connectivity index (χ4n) is 3.79. The van der Waals surface area contributed by atoms with E-state index in [9.17, 15) is 9.90 Å². The summed E-state index contributed by atoms with van der Waals surface area (Å²) in [6.07, 6.45) is 9.21. The van der Waals surface area contributed by atoms with Gasteiger partial charge >= 0.3 is 0 Å². The third-order valence-corrected chi connectivity index (χ3v) is 5.57. The number of nitrogens with one attached hydrogen (secondary N) is 1. The summed E-state index contributed by atoms with van der Waals surface area (Å²) in [5.74, 6) is 0.648. The summed E-state index contributed by atoms with van der Waals surface area (Å²) in [6, 6.07) is 0. The fourth-order valence-corrected chi connectivity index (χ4v) is 3.79. The van der Waals surface area contributed by atoms with Gasteiger partial charge in [-0.25, -0.2) is 0 Å². The highest BCUT2D eigenvalue weighted by atomic mass is 16.5. The van der Waals surface area contributed by atoms with Crippen molar-refractivity contribution in [3.63, 3.8) is 0 Å². The number of ether oxygens (including phenoxy) is 1. The molecule has 0 aromatic rings. The van der Waals surface area contributed by atoms with Crippen molar-refractivity contribution < 1.29 is 14.6 Å². The predicted molar refractivity (Wildman–Crippen MR) is 83.0 cm³/mol. The van der Waals surface area contributed by atoms with Crippen molar-refractivity contribution in [1.82, 2.24) is 5.32 Å². The number of carbonyl (C=O) groups is 1. The van der Waals surface area contributed by atoms with Crippen LogP contribution in [0.25, 0.3) is 0 Å². The van der Waals surface area contributed by atoms with E-state index in [0.29, 0.717) is 25.0 Å². The van der Waals surface area contributed by atoms with Crippen molar-refractivity contribution in [1.29, 1.82) is 0 Å². The number of hydrogen-bond acceptors (Lipinski definition) is 3. The van der Waals surface area contributed by atoms with E-state index in [4.69, 9.17) is 4.74 Å². The highest BCUT2D eigenvalue weighted by Gasteiger charge is 2.35. The molecule has 2 N–H and O–H groups in total. The molecule has 21 heavy (non-hydrogen) atoms. The molecule has 4 nitrogen and oxygen atoms in total. The summed E-state index contributed by atoms with van der Waals surface area (Å²) in [4.78, 5) is 12.1. The highest BCUT2D eigenvalue weighted by Crippen LogP contribution is 2.35. The molecule has 2 aliphatic carbocycles. The van der Waals surface area contributed by atoms with E-state index in [1.54, 1.807) is 7.11 Å². The summed E-state index contributed by atoms with van der Waals surface area (Å²) in [7, 11) is 1.77. The Morgan fingerprint density at radius 1 is 1.24 bits per heavy atom. The lowest BCUT2D eigenvalue weighted by molar-refractivity contribution is -0.123. The van der Waals surface area contributed by atoms with Gasteiger partial charge in [0.25, 0.3) is 0 Å². The molecule has 2 atom stereocenters. The van der Waals surface area contributed by atoms with E-state index in [1.165, 1.54) is 0 Å². The molecule has 0 aromatic heterocycles. The van der Waals surface area contributed by atoms with Gasteiger partial charge in [0, 0.05) is 25.5 Å². The second-order valence-electron chi connectivity index (χ2n) is 7.27. The van der Waals surface area contributed by atoms with E-state index >= 15 is 0 Å². The summed E-state index contributed by atoms with van der Waals surface area (Å²) < 4.78 is 5.37. The number of aliphatic hydroxyl groups excluding tert-OH is 1. The molecule has 1 amide bonds. The van der Waals surface area contributed by atoms with Gasteiger partial charge in [0.05, 0.1) is 12.2 Å².